The van der Waals surface area contributed by atoms with Gasteiger partial charge in [0.25, 0.3) is 0 Å². The molecule has 0 aliphatic heterocycles. The third-order valence-electron chi connectivity index (χ3n) is 3.95. The fraction of sp³-hybridized carbons (Fsp3) is 0.150. The minimum absolute atomic E-state index is 0.0502. The summed E-state index contributed by atoms with van der Waals surface area (Å²) in [6.45, 7) is 0.441. The lowest BCUT2D eigenvalue weighted by molar-refractivity contribution is -0.127. The molecule has 25 heavy (non-hydrogen) atoms. The number of hydrogen-bond acceptors (Lipinski definition) is 2. The quantitative estimate of drug-likeness (QED) is 0.506. The van der Waals surface area contributed by atoms with Crippen LogP contribution in [0, 0.1) is 0 Å². The average Bonchev–Trinajstić information content (AvgIpc) is 2.63. The van der Waals surface area contributed by atoms with Gasteiger partial charge in [-0.2, -0.15) is 0 Å². The predicted octanol–water partition coefficient (Wildman–Crippen LogP) is 5.90. The van der Waals surface area contributed by atoms with Crippen LogP contribution < -0.4 is 0 Å². The van der Waals surface area contributed by atoms with Crippen LogP contribution in [0.4, 0.5) is 0 Å². The van der Waals surface area contributed by atoms with Crippen LogP contribution >= 0.6 is 35.0 Å². The summed E-state index contributed by atoms with van der Waals surface area (Å²) < 4.78 is 0. The molecule has 0 heterocycles. The van der Waals surface area contributed by atoms with Crippen LogP contribution in [0.25, 0.3) is 10.8 Å². The van der Waals surface area contributed by atoms with Crippen molar-refractivity contribution < 1.29 is 4.79 Å². The van der Waals surface area contributed by atoms with Crippen LogP contribution in [-0.4, -0.2) is 23.6 Å². The lowest BCUT2D eigenvalue weighted by atomic mass is 10.1. The Morgan fingerprint density at radius 1 is 1.00 bits per heavy atom. The molecule has 0 aromatic heterocycles. The average molecular weight is 390 g/mol. The van der Waals surface area contributed by atoms with Crippen molar-refractivity contribution in [3.05, 3.63) is 76.3 Å². The van der Waals surface area contributed by atoms with E-state index in [4.69, 9.17) is 23.2 Å². The molecule has 0 fully saturated rings. The fourth-order valence-electron chi connectivity index (χ4n) is 2.53. The number of benzene rings is 3. The van der Waals surface area contributed by atoms with Gasteiger partial charge in [-0.05, 0) is 34.5 Å². The molecule has 0 N–H and O–H groups in total. The molecule has 5 heteroatoms. The van der Waals surface area contributed by atoms with Crippen LogP contribution in [0.15, 0.2) is 65.6 Å². The van der Waals surface area contributed by atoms with E-state index in [-0.39, 0.29) is 5.91 Å². The summed E-state index contributed by atoms with van der Waals surface area (Å²) in [5.41, 5.74) is 0.848. The van der Waals surface area contributed by atoms with Crippen molar-refractivity contribution in [1.82, 2.24) is 4.90 Å². The molecule has 3 aromatic carbocycles. The molecule has 0 unspecified atom stereocenters. The number of carbonyl (C=O) groups is 1. The molecule has 0 atom stereocenters. The van der Waals surface area contributed by atoms with Crippen LogP contribution in [-0.2, 0) is 11.3 Å². The molecular formula is C20H17Cl2NOS. The van der Waals surface area contributed by atoms with E-state index < -0.39 is 0 Å². The van der Waals surface area contributed by atoms with Gasteiger partial charge in [-0.1, -0.05) is 65.7 Å². The number of hydrogen-bond donors (Lipinski definition) is 0. The zero-order chi connectivity index (χ0) is 17.8. The lowest BCUT2D eigenvalue weighted by Crippen LogP contribution is -2.27. The first kappa shape index (κ1) is 18.1. The monoisotopic (exact) mass is 389 g/mol. The van der Waals surface area contributed by atoms with Gasteiger partial charge < -0.3 is 4.90 Å². The summed E-state index contributed by atoms with van der Waals surface area (Å²) in [7, 11) is 1.78. The number of halogens is 2. The third-order valence-corrected chi connectivity index (χ3v) is 5.78. The van der Waals surface area contributed by atoms with Crippen molar-refractivity contribution in [3.8, 4) is 0 Å². The smallest absolute Gasteiger partial charge is 0.232 e. The van der Waals surface area contributed by atoms with Crippen LogP contribution in [0.2, 0.25) is 10.0 Å². The highest BCUT2D eigenvalue weighted by Gasteiger charge is 2.13. The first-order valence-corrected chi connectivity index (χ1v) is 9.57. The predicted molar refractivity (Wildman–Crippen MR) is 108 cm³/mol. The van der Waals surface area contributed by atoms with Crippen molar-refractivity contribution in [3.63, 3.8) is 0 Å². The molecule has 0 spiro atoms. The van der Waals surface area contributed by atoms with Gasteiger partial charge in [-0.3, -0.25) is 4.79 Å². The van der Waals surface area contributed by atoms with Crippen molar-refractivity contribution in [2.75, 3.05) is 12.8 Å². The minimum Gasteiger partial charge on any atom is -0.341 e. The van der Waals surface area contributed by atoms with Crippen molar-refractivity contribution in [2.24, 2.45) is 0 Å². The van der Waals surface area contributed by atoms with Crippen molar-refractivity contribution in [2.45, 2.75) is 11.4 Å². The number of thioether (sulfide) groups is 1. The van der Waals surface area contributed by atoms with E-state index in [1.807, 2.05) is 30.3 Å². The Morgan fingerprint density at radius 2 is 1.76 bits per heavy atom. The maximum atomic E-state index is 12.4. The normalized spacial score (nSPS) is 10.8. The van der Waals surface area contributed by atoms with E-state index in [0.717, 1.165) is 10.5 Å². The van der Waals surface area contributed by atoms with Gasteiger partial charge >= 0.3 is 0 Å². The van der Waals surface area contributed by atoms with E-state index >= 15 is 0 Å². The highest BCUT2D eigenvalue weighted by Crippen LogP contribution is 2.27. The summed E-state index contributed by atoms with van der Waals surface area (Å²) in [5.74, 6) is 0.432. The van der Waals surface area contributed by atoms with Gasteiger partial charge in [0.05, 0.1) is 15.8 Å². The maximum Gasteiger partial charge on any atom is 0.232 e. The van der Waals surface area contributed by atoms with E-state index in [1.54, 1.807) is 18.0 Å². The largest absolute Gasteiger partial charge is 0.341 e. The highest BCUT2D eigenvalue weighted by molar-refractivity contribution is 8.00. The molecule has 3 aromatic rings. The van der Waals surface area contributed by atoms with Gasteiger partial charge in [0.15, 0.2) is 0 Å². The number of nitrogens with zero attached hydrogens (tertiary/aromatic N) is 1. The second kappa shape index (κ2) is 8.13. The van der Waals surface area contributed by atoms with Crippen molar-refractivity contribution >= 4 is 51.6 Å². The van der Waals surface area contributed by atoms with Gasteiger partial charge in [-0.25, -0.2) is 0 Å². The Kier molecular flexibility index (Phi) is 5.89. The van der Waals surface area contributed by atoms with Crippen LogP contribution in [0.3, 0.4) is 0 Å². The van der Waals surface area contributed by atoms with Crippen molar-refractivity contribution in [1.29, 1.82) is 0 Å². The SMILES string of the molecule is CN(Cc1cccc(Cl)c1Cl)C(=O)CSc1ccc2ccccc2c1. The molecule has 0 bridgehead atoms. The maximum absolute atomic E-state index is 12.4. The molecule has 128 valence electrons. The summed E-state index contributed by atoms with van der Waals surface area (Å²) >= 11 is 13.8. The van der Waals surface area contributed by atoms with Gasteiger partial charge in [0, 0.05) is 18.5 Å². The molecule has 0 radical (unpaired) electrons. The summed E-state index contributed by atoms with van der Waals surface area (Å²) in [6.07, 6.45) is 0. The lowest BCUT2D eigenvalue weighted by Gasteiger charge is -2.18. The third kappa shape index (κ3) is 4.49. The molecule has 1 amide bonds. The van der Waals surface area contributed by atoms with Gasteiger partial charge in [-0.15, -0.1) is 11.8 Å². The van der Waals surface area contributed by atoms with Crippen LogP contribution in [0.1, 0.15) is 5.56 Å². The van der Waals surface area contributed by atoms with E-state index in [2.05, 4.69) is 24.3 Å². The molecule has 0 saturated heterocycles. The molecule has 3 rings (SSSR count). The molecule has 0 saturated carbocycles. The number of carbonyl (C=O) groups excluding carboxylic acids is 1. The Balaban J connectivity index is 1.62. The summed E-state index contributed by atoms with van der Waals surface area (Å²) in [5, 5.41) is 3.39. The van der Waals surface area contributed by atoms with E-state index in [9.17, 15) is 4.79 Å². The van der Waals surface area contributed by atoms with Gasteiger partial charge in [0.1, 0.15) is 0 Å². The summed E-state index contributed by atoms with van der Waals surface area (Å²) in [4.78, 5) is 15.2. The number of amides is 1. The second-order valence-corrected chi connectivity index (χ2v) is 7.59. The van der Waals surface area contributed by atoms with E-state index in [0.29, 0.717) is 22.3 Å². The Labute approximate surface area is 161 Å². The number of rotatable bonds is 5. The van der Waals surface area contributed by atoms with Crippen LogP contribution in [0.5, 0.6) is 0 Å². The second-order valence-electron chi connectivity index (χ2n) is 5.76. The topological polar surface area (TPSA) is 20.3 Å². The van der Waals surface area contributed by atoms with Gasteiger partial charge in [0.2, 0.25) is 5.91 Å². The molecule has 2 nitrogen and oxygen atoms in total. The first-order valence-electron chi connectivity index (χ1n) is 7.83. The standard InChI is InChI=1S/C20H17Cl2NOS/c1-23(12-16-7-4-8-18(21)20(16)22)19(24)13-25-17-10-9-14-5-2-3-6-15(14)11-17/h2-11H,12-13H2,1H3. The molecule has 0 aliphatic carbocycles. The summed E-state index contributed by atoms with van der Waals surface area (Å²) in [6, 6.07) is 19.9. The zero-order valence-electron chi connectivity index (χ0n) is 13.7. The first-order chi connectivity index (χ1) is 12.0. The minimum atomic E-state index is 0.0502. The Hall–Kier alpha value is -1.68. The fourth-order valence-corrected chi connectivity index (χ4v) is 3.79. The highest BCUT2D eigenvalue weighted by atomic mass is 35.5. The number of fused-ring (bicyclic) bond motifs is 1. The Bertz CT molecular complexity index is 913. The zero-order valence-corrected chi connectivity index (χ0v) is 16.0. The molecule has 0 aliphatic rings. The van der Waals surface area contributed by atoms with E-state index in [1.165, 1.54) is 22.5 Å². The molecular weight excluding hydrogens is 373 g/mol. The Morgan fingerprint density at radius 3 is 2.56 bits per heavy atom.